The first kappa shape index (κ1) is 23.5. The molecule has 1 heterocycles. The van der Waals surface area contributed by atoms with Crippen LogP contribution in [0.25, 0.3) is 0 Å². The van der Waals surface area contributed by atoms with Gasteiger partial charge in [-0.3, -0.25) is 4.79 Å². The van der Waals surface area contributed by atoms with Crippen LogP contribution in [0.4, 0.5) is 5.69 Å². The number of nitrogens with zero attached hydrogens (tertiary/aromatic N) is 3. The highest BCUT2D eigenvalue weighted by molar-refractivity contribution is 14.0. The molecule has 1 amide bonds. The van der Waals surface area contributed by atoms with Gasteiger partial charge in [0.25, 0.3) is 0 Å². The lowest BCUT2D eigenvalue weighted by atomic mass is 10.1. The van der Waals surface area contributed by atoms with E-state index in [-0.39, 0.29) is 35.9 Å². The Labute approximate surface area is 180 Å². The lowest BCUT2D eigenvalue weighted by Crippen LogP contribution is -2.45. The molecule has 1 fully saturated rings. The van der Waals surface area contributed by atoms with Crippen molar-refractivity contribution in [3.8, 4) is 0 Å². The predicted octanol–water partition coefficient (Wildman–Crippen LogP) is 2.75. The van der Waals surface area contributed by atoms with E-state index in [2.05, 4.69) is 61.7 Å². The van der Waals surface area contributed by atoms with Crippen molar-refractivity contribution in [2.45, 2.75) is 46.2 Å². The molecule has 1 aromatic carbocycles. The molecule has 0 bridgehead atoms. The van der Waals surface area contributed by atoms with Crippen LogP contribution in [0.2, 0.25) is 0 Å². The first-order valence-corrected chi connectivity index (χ1v) is 9.54. The maximum Gasteiger partial charge on any atom is 0.222 e. The molecule has 0 radical (unpaired) electrons. The zero-order chi connectivity index (χ0) is 19.1. The van der Waals surface area contributed by atoms with Crippen molar-refractivity contribution >= 4 is 41.5 Å². The second-order valence-corrected chi connectivity index (χ2v) is 7.05. The molecule has 0 aromatic heterocycles. The van der Waals surface area contributed by atoms with Crippen molar-refractivity contribution in [3.63, 3.8) is 0 Å². The normalized spacial score (nSPS) is 16.7. The number of halogens is 1. The molecule has 1 unspecified atom stereocenters. The Morgan fingerprint density at radius 1 is 1.33 bits per heavy atom. The number of carbonyl (C=O) groups excluding carboxylic acids is 1. The van der Waals surface area contributed by atoms with Gasteiger partial charge in [0.2, 0.25) is 5.91 Å². The summed E-state index contributed by atoms with van der Waals surface area (Å²) in [5.41, 5.74) is 3.65. The minimum Gasteiger partial charge on any atom is -0.377 e. The van der Waals surface area contributed by atoms with Crippen LogP contribution in [-0.2, 0) is 11.3 Å². The summed E-state index contributed by atoms with van der Waals surface area (Å²) in [7, 11) is 4.12. The molecule has 0 saturated carbocycles. The van der Waals surface area contributed by atoms with E-state index in [0.29, 0.717) is 13.0 Å². The van der Waals surface area contributed by atoms with Crippen molar-refractivity contribution in [2.75, 3.05) is 38.6 Å². The first-order chi connectivity index (χ1) is 12.4. The number of hydrogen-bond donors (Lipinski definition) is 2. The van der Waals surface area contributed by atoms with Crippen LogP contribution in [0, 0.1) is 6.92 Å². The second-order valence-electron chi connectivity index (χ2n) is 7.05. The fraction of sp³-hybridized carbons (Fsp3) is 0.600. The Hall–Kier alpha value is -1.51. The van der Waals surface area contributed by atoms with E-state index in [1.54, 1.807) is 0 Å². The number of carbonyl (C=O) groups is 1. The number of rotatable bonds is 6. The quantitative estimate of drug-likeness (QED) is 0.368. The molecular formula is C20H34IN5O. The molecule has 1 atom stereocenters. The molecule has 152 valence electrons. The Bertz CT molecular complexity index is 647. The molecule has 6 nitrogen and oxygen atoms in total. The van der Waals surface area contributed by atoms with Gasteiger partial charge in [-0.05, 0) is 37.5 Å². The SMILES string of the molecule is CCNC(=NCc1ccc(C)cc1N(C)C)NC1CCN(C(=O)CC)C1.I. The number of benzene rings is 1. The van der Waals surface area contributed by atoms with E-state index in [4.69, 9.17) is 4.99 Å². The zero-order valence-corrected chi connectivity index (χ0v) is 19.5. The Balaban J connectivity index is 0.00000364. The summed E-state index contributed by atoms with van der Waals surface area (Å²) in [6.07, 6.45) is 1.53. The smallest absolute Gasteiger partial charge is 0.222 e. The van der Waals surface area contributed by atoms with Crippen LogP contribution < -0.4 is 15.5 Å². The van der Waals surface area contributed by atoms with Gasteiger partial charge in [-0.15, -0.1) is 24.0 Å². The number of aryl methyl sites for hydroxylation is 1. The molecular weight excluding hydrogens is 453 g/mol. The summed E-state index contributed by atoms with van der Waals surface area (Å²) < 4.78 is 0. The third kappa shape index (κ3) is 6.86. The average molecular weight is 487 g/mol. The van der Waals surface area contributed by atoms with Gasteiger partial charge in [0.1, 0.15) is 0 Å². The number of guanidine groups is 1. The highest BCUT2D eigenvalue weighted by Crippen LogP contribution is 2.21. The highest BCUT2D eigenvalue weighted by atomic mass is 127. The fourth-order valence-corrected chi connectivity index (χ4v) is 3.23. The number of hydrogen-bond acceptors (Lipinski definition) is 3. The Morgan fingerprint density at radius 2 is 2.07 bits per heavy atom. The number of aliphatic imine (C=N–C) groups is 1. The monoisotopic (exact) mass is 487 g/mol. The van der Waals surface area contributed by atoms with Gasteiger partial charge in [0.15, 0.2) is 5.96 Å². The molecule has 2 rings (SSSR count). The Morgan fingerprint density at radius 3 is 2.70 bits per heavy atom. The average Bonchev–Trinajstić information content (AvgIpc) is 3.08. The zero-order valence-electron chi connectivity index (χ0n) is 17.2. The van der Waals surface area contributed by atoms with E-state index in [9.17, 15) is 4.79 Å². The topological polar surface area (TPSA) is 60.0 Å². The molecule has 7 heteroatoms. The Kier molecular flexibility index (Phi) is 9.90. The lowest BCUT2D eigenvalue weighted by molar-refractivity contribution is -0.129. The predicted molar refractivity (Wildman–Crippen MR) is 124 cm³/mol. The van der Waals surface area contributed by atoms with Gasteiger partial charge in [-0.2, -0.15) is 0 Å². The number of anilines is 1. The molecule has 2 N–H and O–H groups in total. The van der Waals surface area contributed by atoms with Gasteiger partial charge in [-0.25, -0.2) is 4.99 Å². The molecule has 0 aliphatic carbocycles. The fourth-order valence-electron chi connectivity index (χ4n) is 3.23. The molecule has 1 aliphatic rings. The van der Waals surface area contributed by atoms with Crippen LogP contribution in [-0.4, -0.2) is 56.5 Å². The summed E-state index contributed by atoms with van der Waals surface area (Å²) in [6.45, 7) is 9.10. The van der Waals surface area contributed by atoms with Crippen molar-refractivity contribution in [2.24, 2.45) is 4.99 Å². The van der Waals surface area contributed by atoms with Crippen molar-refractivity contribution < 1.29 is 4.79 Å². The molecule has 0 spiro atoms. The van der Waals surface area contributed by atoms with Crippen LogP contribution in [0.1, 0.15) is 37.8 Å². The third-order valence-corrected chi connectivity index (χ3v) is 4.66. The highest BCUT2D eigenvalue weighted by Gasteiger charge is 2.25. The van der Waals surface area contributed by atoms with Gasteiger partial charge < -0.3 is 20.4 Å². The standard InChI is InChI=1S/C20H33N5O.HI/c1-6-19(26)25-11-10-17(14-25)23-20(21-7-2)22-13-16-9-8-15(3)12-18(16)24(4)5;/h8-9,12,17H,6-7,10-11,13-14H2,1-5H3,(H2,21,22,23);1H. The van der Waals surface area contributed by atoms with Crippen LogP contribution in [0.3, 0.4) is 0 Å². The van der Waals surface area contributed by atoms with E-state index in [1.165, 1.54) is 16.8 Å². The van der Waals surface area contributed by atoms with E-state index >= 15 is 0 Å². The van der Waals surface area contributed by atoms with E-state index < -0.39 is 0 Å². The van der Waals surface area contributed by atoms with Gasteiger partial charge >= 0.3 is 0 Å². The largest absolute Gasteiger partial charge is 0.377 e. The number of amides is 1. The molecule has 1 aromatic rings. The maximum atomic E-state index is 11.9. The van der Waals surface area contributed by atoms with Gasteiger partial charge in [-0.1, -0.05) is 19.1 Å². The second kappa shape index (κ2) is 11.4. The minimum absolute atomic E-state index is 0. The number of likely N-dealkylation sites (tertiary alicyclic amines) is 1. The van der Waals surface area contributed by atoms with Crippen molar-refractivity contribution in [1.29, 1.82) is 0 Å². The molecule has 27 heavy (non-hydrogen) atoms. The number of nitrogens with one attached hydrogen (secondary N) is 2. The van der Waals surface area contributed by atoms with Crippen molar-refractivity contribution in [1.82, 2.24) is 15.5 Å². The third-order valence-electron chi connectivity index (χ3n) is 4.66. The molecule has 1 saturated heterocycles. The summed E-state index contributed by atoms with van der Waals surface area (Å²) in [5.74, 6) is 1.04. The summed E-state index contributed by atoms with van der Waals surface area (Å²) in [4.78, 5) is 20.7. The van der Waals surface area contributed by atoms with Crippen LogP contribution in [0.5, 0.6) is 0 Å². The van der Waals surface area contributed by atoms with Crippen LogP contribution >= 0.6 is 24.0 Å². The first-order valence-electron chi connectivity index (χ1n) is 9.54. The summed E-state index contributed by atoms with van der Waals surface area (Å²) in [6, 6.07) is 6.73. The van der Waals surface area contributed by atoms with Crippen molar-refractivity contribution in [3.05, 3.63) is 29.3 Å². The van der Waals surface area contributed by atoms with E-state index in [1.807, 2.05) is 11.8 Å². The molecule has 1 aliphatic heterocycles. The van der Waals surface area contributed by atoms with E-state index in [0.717, 1.165) is 32.0 Å². The van der Waals surface area contributed by atoms with Gasteiger partial charge in [0, 0.05) is 51.9 Å². The minimum atomic E-state index is 0. The summed E-state index contributed by atoms with van der Waals surface area (Å²) in [5, 5.41) is 6.81. The van der Waals surface area contributed by atoms with Gasteiger partial charge in [0.05, 0.1) is 6.54 Å². The lowest BCUT2D eigenvalue weighted by Gasteiger charge is -2.20. The maximum absolute atomic E-state index is 11.9. The van der Waals surface area contributed by atoms with Crippen LogP contribution in [0.15, 0.2) is 23.2 Å². The summed E-state index contributed by atoms with van der Waals surface area (Å²) >= 11 is 0.